The Kier molecular flexibility index (Phi) is 5.10. The zero-order valence-corrected chi connectivity index (χ0v) is 12.7. The van der Waals surface area contributed by atoms with Crippen LogP contribution < -0.4 is 5.32 Å². The fraction of sp³-hybridized carbons (Fsp3) is 0.571. The summed E-state index contributed by atoms with van der Waals surface area (Å²) in [6.45, 7) is 5.30. The fourth-order valence-electron chi connectivity index (χ4n) is 2.13. The van der Waals surface area contributed by atoms with E-state index >= 15 is 0 Å². The Morgan fingerprint density at radius 1 is 1.42 bits per heavy atom. The van der Waals surface area contributed by atoms with Crippen LogP contribution in [0.25, 0.3) is 0 Å². The van der Waals surface area contributed by atoms with Crippen molar-refractivity contribution in [2.24, 2.45) is 7.05 Å². The molecule has 19 heavy (non-hydrogen) atoms. The van der Waals surface area contributed by atoms with Gasteiger partial charge in [-0.1, -0.05) is 6.92 Å². The maximum absolute atomic E-state index is 4.56. The normalized spacial score (nSPS) is 12.8. The van der Waals surface area contributed by atoms with Gasteiger partial charge in [-0.2, -0.15) is 5.10 Å². The van der Waals surface area contributed by atoms with Gasteiger partial charge in [0.25, 0.3) is 0 Å². The smallest absolute Gasteiger partial charge is 0.0943 e. The molecule has 104 valence electrons. The van der Waals surface area contributed by atoms with Crippen LogP contribution in [0.2, 0.25) is 0 Å². The van der Waals surface area contributed by atoms with Crippen LogP contribution in [-0.4, -0.2) is 27.4 Å². The molecule has 0 saturated carbocycles. The molecule has 2 heterocycles. The van der Waals surface area contributed by atoms with Crippen LogP contribution in [-0.2, 0) is 19.9 Å². The lowest BCUT2D eigenvalue weighted by Crippen LogP contribution is -2.33. The first-order chi connectivity index (χ1) is 9.17. The summed E-state index contributed by atoms with van der Waals surface area (Å²) in [5, 5.41) is 11.2. The summed E-state index contributed by atoms with van der Waals surface area (Å²) >= 11 is 1.76. The van der Waals surface area contributed by atoms with Crippen LogP contribution >= 0.6 is 11.3 Å². The molecule has 0 saturated heterocycles. The standard InChI is InChI=1S/C14H22N4S/c1-4-5-15-13(6-12-8-16-18(3)9-12)7-14-17-11(2)10-19-14/h8-10,13,15H,4-7H2,1-3H3. The first kappa shape index (κ1) is 14.2. The molecule has 0 spiro atoms. The molecule has 2 aromatic rings. The molecule has 0 bridgehead atoms. The van der Waals surface area contributed by atoms with Crippen molar-refractivity contribution < 1.29 is 0 Å². The summed E-state index contributed by atoms with van der Waals surface area (Å²) in [4.78, 5) is 4.56. The van der Waals surface area contributed by atoms with E-state index < -0.39 is 0 Å². The van der Waals surface area contributed by atoms with Gasteiger partial charge < -0.3 is 5.32 Å². The monoisotopic (exact) mass is 278 g/mol. The van der Waals surface area contributed by atoms with Crippen LogP contribution in [0.3, 0.4) is 0 Å². The van der Waals surface area contributed by atoms with E-state index in [0.29, 0.717) is 6.04 Å². The molecule has 2 aromatic heterocycles. The minimum Gasteiger partial charge on any atom is -0.313 e. The van der Waals surface area contributed by atoms with Gasteiger partial charge in [-0.3, -0.25) is 4.68 Å². The van der Waals surface area contributed by atoms with E-state index in [-0.39, 0.29) is 0 Å². The third-order valence-electron chi connectivity index (χ3n) is 3.01. The van der Waals surface area contributed by atoms with Gasteiger partial charge in [0, 0.05) is 36.8 Å². The number of aryl methyl sites for hydroxylation is 2. The maximum atomic E-state index is 4.56. The molecule has 0 aliphatic heterocycles. The molecular formula is C14H22N4S. The Bertz CT molecular complexity index is 461. The number of nitrogens with zero attached hydrogens (tertiary/aromatic N) is 3. The van der Waals surface area contributed by atoms with Crippen molar-refractivity contribution in [3.63, 3.8) is 0 Å². The number of aromatic nitrogens is 3. The minimum absolute atomic E-state index is 0.440. The zero-order valence-electron chi connectivity index (χ0n) is 11.9. The molecule has 0 aliphatic carbocycles. The predicted octanol–water partition coefficient (Wildman–Crippen LogP) is 2.34. The molecule has 1 atom stereocenters. The molecule has 0 amide bonds. The SMILES string of the molecule is CCCNC(Cc1cnn(C)c1)Cc1nc(C)cs1. The van der Waals surface area contributed by atoms with Gasteiger partial charge in [-0.25, -0.2) is 4.98 Å². The van der Waals surface area contributed by atoms with E-state index in [1.54, 1.807) is 11.3 Å². The van der Waals surface area contributed by atoms with Crippen molar-refractivity contribution >= 4 is 11.3 Å². The van der Waals surface area contributed by atoms with Crippen molar-refractivity contribution in [1.82, 2.24) is 20.1 Å². The molecule has 0 radical (unpaired) electrons. The number of nitrogens with one attached hydrogen (secondary N) is 1. The van der Waals surface area contributed by atoms with E-state index in [4.69, 9.17) is 0 Å². The first-order valence-electron chi connectivity index (χ1n) is 6.79. The predicted molar refractivity (Wildman–Crippen MR) is 79.5 cm³/mol. The van der Waals surface area contributed by atoms with Crippen molar-refractivity contribution in [2.45, 2.75) is 39.2 Å². The van der Waals surface area contributed by atoms with Crippen molar-refractivity contribution in [1.29, 1.82) is 0 Å². The number of rotatable bonds is 7. The lowest BCUT2D eigenvalue weighted by Gasteiger charge is -2.16. The maximum Gasteiger partial charge on any atom is 0.0943 e. The van der Waals surface area contributed by atoms with Gasteiger partial charge >= 0.3 is 0 Å². The average molecular weight is 278 g/mol. The molecule has 0 aromatic carbocycles. The Morgan fingerprint density at radius 2 is 2.26 bits per heavy atom. The van der Waals surface area contributed by atoms with Crippen LogP contribution in [0.5, 0.6) is 0 Å². The summed E-state index contributed by atoms with van der Waals surface area (Å²) in [5.41, 5.74) is 2.40. The van der Waals surface area contributed by atoms with Crippen molar-refractivity contribution in [3.8, 4) is 0 Å². The summed E-state index contributed by atoms with van der Waals surface area (Å²) in [5.74, 6) is 0. The van der Waals surface area contributed by atoms with Gasteiger partial charge in [0.2, 0.25) is 0 Å². The number of hydrogen-bond donors (Lipinski definition) is 1. The van der Waals surface area contributed by atoms with E-state index in [9.17, 15) is 0 Å². The average Bonchev–Trinajstić information content (AvgIpc) is 2.95. The molecule has 5 heteroatoms. The topological polar surface area (TPSA) is 42.7 Å². The molecule has 0 aliphatic rings. The highest BCUT2D eigenvalue weighted by Gasteiger charge is 2.13. The van der Waals surface area contributed by atoms with Crippen molar-refractivity contribution in [2.75, 3.05) is 6.54 Å². The Hall–Kier alpha value is -1.20. The van der Waals surface area contributed by atoms with E-state index in [2.05, 4.69) is 40.8 Å². The quantitative estimate of drug-likeness (QED) is 0.845. The minimum atomic E-state index is 0.440. The summed E-state index contributed by atoms with van der Waals surface area (Å²) in [6.07, 6.45) is 7.20. The molecule has 0 fully saturated rings. The summed E-state index contributed by atoms with van der Waals surface area (Å²) < 4.78 is 1.86. The number of thiazole rings is 1. The Labute approximate surface area is 118 Å². The lowest BCUT2D eigenvalue weighted by molar-refractivity contribution is 0.503. The van der Waals surface area contributed by atoms with E-state index in [1.807, 2.05) is 17.9 Å². The molecule has 1 unspecified atom stereocenters. The molecule has 4 nitrogen and oxygen atoms in total. The summed E-state index contributed by atoms with van der Waals surface area (Å²) in [6, 6.07) is 0.440. The highest BCUT2D eigenvalue weighted by atomic mass is 32.1. The van der Waals surface area contributed by atoms with Crippen LogP contribution in [0.15, 0.2) is 17.8 Å². The lowest BCUT2D eigenvalue weighted by atomic mass is 10.1. The van der Waals surface area contributed by atoms with Crippen LogP contribution in [0.4, 0.5) is 0 Å². The highest BCUT2D eigenvalue weighted by molar-refractivity contribution is 7.09. The summed E-state index contributed by atoms with van der Waals surface area (Å²) in [7, 11) is 1.96. The van der Waals surface area contributed by atoms with Crippen molar-refractivity contribution in [3.05, 3.63) is 34.0 Å². The number of hydrogen-bond acceptors (Lipinski definition) is 4. The van der Waals surface area contributed by atoms with Gasteiger partial charge in [0.15, 0.2) is 0 Å². The Balaban J connectivity index is 1.98. The second-order valence-corrected chi connectivity index (χ2v) is 5.91. The third kappa shape index (κ3) is 4.44. The van der Waals surface area contributed by atoms with Gasteiger partial charge in [-0.05, 0) is 31.9 Å². The zero-order chi connectivity index (χ0) is 13.7. The van der Waals surface area contributed by atoms with Crippen LogP contribution in [0, 0.1) is 6.92 Å². The van der Waals surface area contributed by atoms with Crippen LogP contribution in [0.1, 0.15) is 29.6 Å². The first-order valence-corrected chi connectivity index (χ1v) is 7.67. The van der Waals surface area contributed by atoms with Gasteiger partial charge in [0.05, 0.1) is 11.2 Å². The largest absolute Gasteiger partial charge is 0.313 e. The second-order valence-electron chi connectivity index (χ2n) is 4.96. The Morgan fingerprint density at radius 3 is 2.84 bits per heavy atom. The van der Waals surface area contributed by atoms with Gasteiger partial charge in [-0.15, -0.1) is 11.3 Å². The fourth-order valence-corrected chi connectivity index (χ4v) is 2.99. The van der Waals surface area contributed by atoms with Gasteiger partial charge in [0.1, 0.15) is 0 Å². The highest BCUT2D eigenvalue weighted by Crippen LogP contribution is 2.13. The third-order valence-corrected chi connectivity index (χ3v) is 4.00. The second kappa shape index (κ2) is 6.82. The van der Waals surface area contributed by atoms with E-state index in [1.165, 1.54) is 10.6 Å². The molecule has 1 N–H and O–H groups in total. The molecule has 2 rings (SSSR count). The molecular weight excluding hydrogens is 256 g/mol. The van der Waals surface area contributed by atoms with E-state index in [0.717, 1.165) is 31.5 Å².